The molecule has 7 nitrogen and oxygen atoms in total. The fraction of sp³-hybridized carbons (Fsp3) is 0.200. The first-order chi connectivity index (χ1) is 8.18. The number of nitrogens with two attached hydrogens (primary N) is 1. The molecule has 3 N–H and O–H groups in total. The lowest BCUT2D eigenvalue weighted by Crippen LogP contribution is -2.18. The van der Waals surface area contributed by atoms with E-state index < -0.39 is 0 Å². The summed E-state index contributed by atoms with van der Waals surface area (Å²) in [5, 5.41) is 13.8. The lowest BCUT2D eigenvalue weighted by Gasteiger charge is -2.05. The van der Waals surface area contributed by atoms with Gasteiger partial charge in [-0.15, -0.1) is 10.2 Å². The maximum Gasteiger partial charge on any atom is 0.256 e. The molecule has 1 amide bonds. The van der Waals surface area contributed by atoms with E-state index in [1.165, 1.54) is 0 Å². The second kappa shape index (κ2) is 3.27. The zero-order valence-electron chi connectivity index (χ0n) is 9.14. The van der Waals surface area contributed by atoms with Gasteiger partial charge in [-0.05, 0) is 22.9 Å². The number of nitrogen functional groups attached to an aromatic ring is 1. The molecule has 2 aromatic rings. The third-order valence-electron chi connectivity index (χ3n) is 2.89. The van der Waals surface area contributed by atoms with E-state index in [4.69, 9.17) is 5.73 Å². The molecule has 1 aromatic heterocycles. The number of nitrogens with zero attached hydrogens (tertiary/aromatic N) is 4. The normalized spacial score (nSPS) is 14.2. The number of hydrogen-bond acceptors (Lipinski definition) is 5. The summed E-state index contributed by atoms with van der Waals surface area (Å²) < 4.78 is 0. The van der Waals surface area contributed by atoms with Gasteiger partial charge in [0.1, 0.15) is 0 Å². The fourth-order valence-corrected chi connectivity index (χ4v) is 2.07. The molecule has 0 aliphatic carbocycles. The van der Waals surface area contributed by atoms with Crippen molar-refractivity contribution in [2.24, 2.45) is 0 Å². The van der Waals surface area contributed by atoms with Gasteiger partial charge in [-0.25, -0.2) is 0 Å². The molecule has 7 heteroatoms. The molecule has 0 saturated heterocycles. The van der Waals surface area contributed by atoms with Crippen LogP contribution in [0.3, 0.4) is 0 Å². The average Bonchev–Trinajstić information content (AvgIpc) is 2.90. The number of amides is 1. The highest BCUT2D eigenvalue weighted by Crippen LogP contribution is 2.33. The summed E-state index contributed by atoms with van der Waals surface area (Å²) in [4.78, 5) is 13.5. The minimum atomic E-state index is -0.0668. The number of H-pyrrole nitrogens is 1. The van der Waals surface area contributed by atoms with Crippen molar-refractivity contribution in [3.63, 3.8) is 0 Å². The minimum Gasteiger partial charge on any atom is -0.398 e. The summed E-state index contributed by atoms with van der Waals surface area (Å²) in [5.41, 5.74) is 8.53. The number of benzene rings is 1. The monoisotopic (exact) mass is 230 g/mol. The van der Waals surface area contributed by atoms with Gasteiger partial charge < -0.3 is 10.6 Å². The standard InChI is InChI=1S/C10H10N6O/c1-16-4-6-5(9-12-14-15-13-9)2-3-7(11)8(6)10(16)17/h2-3H,4,11H2,1H3,(H,12,13,14,15). The second-order valence-corrected chi connectivity index (χ2v) is 3.95. The van der Waals surface area contributed by atoms with Crippen LogP contribution >= 0.6 is 0 Å². The zero-order chi connectivity index (χ0) is 12.0. The maximum absolute atomic E-state index is 11.9. The fourth-order valence-electron chi connectivity index (χ4n) is 2.07. The van der Waals surface area contributed by atoms with Crippen molar-refractivity contribution in [1.82, 2.24) is 25.5 Å². The molecule has 1 aromatic carbocycles. The molecular formula is C10H10N6O. The Bertz CT molecular complexity index is 591. The number of carbonyl (C=O) groups excluding carboxylic acids is 1. The Morgan fingerprint density at radius 1 is 1.47 bits per heavy atom. The van der Waals surface area contributed by atoms with Gasteiger partial charge in [0.05, 0.1) is 5.56 Å². The highest BCUT2D eigenvalue weighted by atomic mass is 16.2. The Hall–Kier alpha value is -2.44. The van der Waals surface area contributed by atoms with Gasteiger partial charge in [-0.2, -0.15) is 5.21 Å². The van der Waals surface area contributed by atoms with Crippen LogP contribution in [0.15, 0.2) is 12.1 Å². The van der Waals surface area contributed by atoms with Crippen molar-refractivity contribution in [3.05, 3.63) is 23.3 Å². The Labute approximate surface area is 96.6 Å². The van der Waals surface area contributed by atoms with Gasteiger partial charge in [0.25, 0.3) is 5.91 Å². The smallest absolute Gasteiger partial charge is 0.256 e. The average molecular weight is 230 g/mol. The van der Waals surface area contributed by atoms with Crippen molar-refractivity contribution < 1.29 is 4.79 Å². The Morgan fingerprint density at radius 3 is 3.00 bits per heavy atom. The third-order valence-corrected chi connectivity index (χ3v) is 2.89. The number of aromatic amines is 1. The largest absolute Gasteiger partial charge is 0.398 e. The summed E-state index contributed by atoms with van der Waals surface area (Å²) >= 11 is 0. The van der Waals surface area contributed by atoms with Crippen LogP contribution in [-0.4, -0.2) is 38.5 Å². The molecule has 86 valence electrons. The van der Waals surface area contributed by atoms with Gasteiger partial charge in [0.15, 0.2) is 0 Å². The zero-order valence-corrected chi connectivity index (χ0v) is 9.14. The predicted molar refractivity (Wildman–Crippen MR) is 59.8 cm³/mol. The topological polar surface area (TPSA) is 101 Å². The first-order valence-corrected chi connectivity index (χ1v) is 5.09. The second-order valence-electron chi connectivity index (χ2n) is 3.95. The summed E-state index contributed by atoms with van der Waals surface area (Å²) in [6, 6.07) is 3.51. The molecule has 0 fully saturated rings. The van der Waals surface area contributed by atoms with Gasteiger partial charge in [0.2, 0.25) is 5.82 Å². The van der Waals surface area contributed by atoms with E-state index in [1.54, 1.807) is 18.0 Å². The molecular weight excluding hydrogens is 220 g/mol. The quantitative estimate of drug-likeness (QED) is 0.673. The molecule has 0 atom stereocenters. The number of hydrogen-bond donors (Lipinski definition) is 2. The lowest BCUT2D eigenvalue weighted by atomic mass is 10.0. The molecule has 3 rings (SSSR count). The van der Waals surface area contributed by atoms with Crippen molar-refractivity contribution >= 4 is 11.6 Å². The van der Waals surface area contributed by atoms with Crippen LogP contribution in [0.25, 0.3) is 11.4 Å². The van der Waals surface area contributed by atoms with Gasteiger partial charge >= 0.3 is 0 Å². The number of aromatic nitrogens is 4. The molecule has 1 aliphatic rings. The Kier molecular flexibility index (Phi) is 1.88. The van der Waals surface area contributed by atoms with Crippen molar-refractivity contribution in [2.75, 3.05) is 12.8 Å². The van der Waals surface area contributed by atoms with E-state index in [9.17, 15) is 4.79 Å². The van der Waals surface area contributed by atoms with Crippen molar-refractivity contribution in [1.29, 1.82) is 0 Å². The van der Waals surface area contributed by atoms with Gasteiger partial charge in [0, 0.05) is 24.8 Å². The number of rotatable bonds is 1. The van der Waals surface area contributed by atoms with Crippen LogP contribution in [0.2, 0.25) is 0 Å². The summed E-state index contributed by atoms with van der Waals surface area (Å²) in [7, 11) is 1.74. The van der Waals surface area contributed by atoms with Crippen LogP contribution in [-0.2, 0) is 6.54 Å². The van der Waals surface area contributed by atoms with E-state index in [1.807, 2.05) is 6.07 Å². The predicted octanol–water partition coefficient (Wildman–Crippen LogP) is 0.0345. The molecule has 0 bridgehead atoms. The first-order valence-electron chi connectivity index (χ1n) is 5.09. The van der Waals surface area contributed by atoms with Crippen molar-refractivity contribution in [2.45, 2.75) is 6.54 Å². The highest BCUT2D eigenvalue weighted by Gasteiger charge is 2.30. The molecule has 2 heterocycles. The molecule has 1 aliphatic heterocycles. The van der Waals surface area contributed by atoms with Gasteiger partial charge in [-0.1, -0.05) is 0 Å². The van der Waals surface area contributed by atoms with Crippen LogP contribution in [0.4, 0.5) is 5.69 Å². The molecule has 17 heavy (non-hydrogen) atoms. The number of fused-ring (bicyclic) bond motifs is 1. The molecule has 0 unspecified atom stereocenters. The Morgan fingerprint density at radius 2 is 2.29 bits per heavy atom. The van der Waals surface area contributed by atoms with Crippen molar-refractivity contribution in [3.8, 4) is 11.4 Å². The van der Waals surface area contributed by atoms with Crippen LogP contribution in [0.5, 0.6) is 0 Å². The van der Waals surface area contributed by atoms with E-state index >= 15 is 0 Å². The summed E-state index contributed by atoms with van der Waals surface area (Å²) in [6.45, 7) is 0.517. The molecule has 0 spiro atoms. The molecule has 0 radical (unpaired) electrons. The maximum atomic E-state index is 11.9. The van der Waals surface area contributed by atoms with Crippen LogP contribution in [0.1, 0.15) is 15.9 Å². The number of anilines is 1. The van der Waals surface area contributed by atoms with E-state index in [0.717, 1.165) is 11.1 Å². The lowest BCUT2D eigenvalue weighted by molar-refractivity contribution is 0.0817. The van der Waals surface area contributed by atoms with Crippen LogP contribution < -0.4 is 5.73 Å². The van der Waals surface area contributed by atoms with Crippen LogP contribution in [0, 0.1) is 0 Å². The Balaban J connectivity index is 2.25. The third kappa shape index (κ3) is 1.28. The summed E-state index contributed by atoms with van der Waals surface area (Å²) in [5.74, 6) is 0.409. The SMILES string of the molecule is CN1Cc2c(-c3nn[nH]n3)ccc(N)c2C1=O. The number of tetrazole rings is 1. The minimum absolute atomic E-state index is 0.0668. The summed E-state index contributed by atoms with van der Waals surface area (Å²) in [6.07, 6.45) is 0. The van der Waals surface area contributed by atoms with E-state index in [2.05, 4.69) is 20.6 Å². The number of carbonyl (C=O) groups is 1. The van der Waals surface area contributed by atoms with E-state index in [0.29, 0.717) is 23.6 Å². The van der Waals surface area contributed by atoms with E-state index in [-0.39, 0.29) is 5.91 Å². The van der Waals surface area contributed by atoms with Gasteiger partial charge in [-0.3, -0.25) is 4.79 Å². The molecule has 0 saturated carbocycles. The highest BCUT2D eigenvalue weighted by molar-refractivity contribution is 6.04. The first kappa shape index (κ1) is 9.76. The number of nitrogens with one attached hydrogen (secondary N) is 1.